The molecule has 0 saturated carbocycles. The number of rotatable bonds is 6. The van der Waals surface area contributed by atoms with Crippen molar-refractivity contribution in [3.05, 3.63) is 54.1 Å². The highest BCUT2D eigenvalue weighted by atomic mass is 16.5. The molecule has 2 aromatic rings. The van der Waals surface area contributed by atoms with Crippen LogP contribution in [0.5, 0.6) is 17.2 Å². The molecule has 0 fully saturated rings. The molecular weight excluding hydrogens is 456 g/mol. The number of benzene rings is 2. The number of carbonyl (C=O) groups excluding carboxylic acids is 2. The second kappa shape index (κ2) is 13.8. The summed E-state index contributed by atoms with van der Waals surface area (Å²) in [6.07, 6.45) is 4.60. The monoisotopic (exact) mass is 496 g/mol. The van der Waals surface area contributed by atoms with Crippen LogP contribution in [0, 0.1) is 5.92 Å². The fourth-order valence-corrected chi connectivity index (χ4v) is 4.55. The van der Waals surface area contributed by atoms with E-state index in [0.29, 0.717) is 48.4 Å². The van der Waals surface area contributed by atoms with Gasteiger partial charge in [-0.15, -0.1) is 0 Å². The van der Waals surface area contributed by atoms with Crippen molar-refractivity contribution in [1.29, 1.82) is 0 Å². The van der Waals surface area contributed by atoms with Crippen LogP contribution in [0.1, 0.15) is 56.3 Å². The first-order valence-corrected chi connectivity index (χ1v) is 12.9. The highest BCUT2D eigenvalue weighted by molar-refractivity contribution is 5.96. The van der Waals surface area contributed by atoms with E-state index in [4.69, 9.17) is 14.2 Å². The van der Waals surface area contributed by atoms with Crippen molar-refractivity contribution in [2.75, 3.05) is 40.5 Å². The first-order chi connectivity index (χ1) is 17.4. The Balaban J connectivity index is 1.82. The van der Waals surface area contributed by atoms with Gasteiger partial charge in [0.25, 0.3) is 11.8 Å². The molecule has 0 bridgehead atoms. The third kappa shape index (κ3) is 7.64. The highest BCUT2D eigenvalue weighted by Crippen LogP contribution is 2.26. The molecule has 7 nitrogen and oxygen atoms in total. The van der Waals surface area contributed by atoms with Crippen molar-refractivity contribution >= 4 is 11.8 Å². The summed E-state index contributed by atoms with van der Waals surface area (Å²) >= 11 is 0. The quantitative estimate of drug-likeness (QED) is 0.560. The Kier molecular flexibility index (Phi) is 10.5. The molecule has 0 saturated heterocycles. The third-order valence-corrected chi connectivity index (χ3v) is 6.46. The fourth-order valence-electron chi connectivity index (χ4n) is 4.55. The minimum absolute atomic E-state index is 0.0405. The van der Waals surface area contributed by atoms with Gasteiger partial charge in [-0.3, -0.25) is 9.59 Å². The molecule has 0 aliphatic carbocycles. The molecule has 7 heteroatoms. The van der Waals surface area contributed by atoms with Gasteiger partial charge in [0.2, 0.25) is 0 Å². The van der Waals surface area contributed by atoms with Crippen molar-refractivity contribution in [2.24, 2.45) is 5.92 Å². The predicted octanol–water partition coefficient (Wildman–Crippen LogP) is 5.04. The van der Waals surface area contributed by atoms with E-state index in [1.54, 1.807) is 18.1 Å². The van der Waals surface area contributed by atoms with Gasteiger partial charge in [0.05, 0.1) is 18.7 Å². The molecule has 36 heavy (non-hydrogen) atoms. The van der Waals surface area contributed by atoms with Gasteiger partial charge in [-0.05, 0) is 49.4 Å². The highest BCUT2D eigenvalue weighted by Gasteiger charge is 2.27. The number of carbonyl (C=O) groups is 2. The van der Waals surface area contributed by atoms with Crippen LogP contribution in [0.3, 0.4) is 0 Å². The van der Waals surface area contributed by atoms with Crippen LogP contribution in [-0.2, 0) is 4.79 Å². The van der Waals surface area contributed by atoms with Gasteiger partial charge in [-0.1, -0.05) is 51.0 Å². The van der Waals surface area contributed by atoms with E-state index in [0.717, 1.165) is 32.1 Å². The molecule has 0 spiro atoms. The minimum atomic E-state index is -0.136. The summed E-state index contributed by atoms with van der Waals surface area (Å²) in [5, 5.41) is 0. The van der Waals surface area contributed by atoms with E-state index in [2.05, 4.69) is 13.8 Å². The zero-order chi connectivity index (χ0) is 25.9. The summed E-state index contributed by atoms with van der Waals surface area (Å²) < 4.78 is 17.5. The van der Waals surface area contributed by atoms with E-state index < -0.39 is 0 Å². The lowest BCUT2D eigenvalue weighted by Crippen LogP contribution is -2.47. The first-order valence-electron chi connectivity index (χ1n) is 12.9. The number of hydrogen-bond acceptors (Lipinski definition) is 5. The van der Waals surface area contributed by atoms with Crippen LogP contribution in [0.4, 0.5) is 0 Å². The zero-order valence-corrected chi connectivity index (χ0v) is 22.1. The number of hydrogen-bond donors (Lipinski definition) is 0. The second-order valence-corrected chi connectivity index (χ2v) is 9.76. The largest absolute Gasteiger partial charge is 0.493 e. The summed E-state index contributed by atoms with van der Waals surface area (Å²) in [4.78, 5) is 30.2. The van der Waals surface area contributed by atoms with Crippen LogP contribution in [0.15, 0.2) is 48.5 Å². The molecule has 196 valence electrons. The lowest BCUT2D eigenvalue weighted by atomic mass is 10.0. The maximum atomic E-state index is 13.5. The van der Waals surface area contributed by atoms with Gasteiger partial charge in [0, 0.05) is 20.1 Å². The molecular formula is C29H40N2O5. The van der Waals surface area contributed by atoms with Crippen LogP contribution in [0.2, 0.25) is 0 Å². The van der Waals surface area contributed by atoms with E-state index >= 15 is 0 Å². The van der Waals surface area contributed by atoms with E-state index in [1.165, 1.54) is 0 Å². The standard InChI is InChI=1S/C29H40N2O5/c1-22(2)19-23-20-35-25-14-8-7-13-24(25)29(33)30(3)17-11-5-6-12-18-31(23)28(32)21-36-27-16-10-9-15-26(27)34-4/h7-10,13-16,22-23H,5-6,11-12,17-21H2,1-4H3/t23-/m0/s1. The number of ether oxygens (including phenoxy) is 3. The van der Waals surface area contributed by atoms with Crippen molar-refractivity contribution in [1.82, 2.24) is 9.80 Å². The molecule has 0 aromatic heterocycles. The predicted molar refractivity (Wildman–Crippen MR) is 141 cm³/mol. The Morgan fingerprint density at radius 1 is 1.00 bits per heavy atom. The number of amides is 2. The molecule has 0 N–H and O–H groups in total. The maximum absolute atomic E-state index is 13.5. The Labute approximate surface area is 215 Å². The fraction of sp³-hybridized carbons (Fsp3) is 0.517. The summed E-state index contributed by atoms with van der Waals surface area (Å²) in [7, 11) is 3.43. The molecule has 3 rings (SSSR count). The lowest BCUT2D eigenvalue weighted by molar-refractivity contribution is -0.137. The summed E-state index contributed by atoms with van der Waals surface area (Å²) in [5.74, 6) is 1.94. The van der Waals surface area contributed by atoms with Crippen LogP contribution < -0.4 is 14.2 Å². The van der Waals surface area contributed by atoms with Crippen LogP contribution >= 0.6 is 0 Å². The van der Waals surface area contributed by atoms with E-state index in [-0.39, 0.29) is 24.5 Å². The van der Waals surface area contributed by atoms with E-state index in [1.807, 2.05) is 54.4 Å². The van der Waals surface area contributed by atoms with Crippen molar-refractivity contribution < 1.29 is 23.8 Å². The smallest absolute Gasteiger partial charge is 0.260 e. The maximum Gasteiger partial charge on any atom is 0.260 e. The Morgan fingerprint density at radius 3 is 2.39 bits per heavy atom. The Morgan fingerprint density at radius 2 is 1.67 bits per heavy atom. The molecule has 0 radical (unpaired) electrons. The first kappa shape index (κ1) is 27.4. The molecule has 1 aliphatic heterocycles. The van der Waals surface area contributed by atoms with Crippen molar-refractivity contribution in [2.45, 2.75) is 52.0 Å². The van der Waals surface area contributed by atoms with Gasteiger partial charge in [-0.25, -0.2) is 0 Å². The number of para-hydroxylation sites is 3. The minimum Gasteiger partial charge on any atom is -0.493 e. The van der Waals surface area contributed by atoms with Gasteiger partial charge in [-0.2, -0.15) is 0 Å². The molecule has 0 unspecified atom stereocenters. The normalized spacial score (nSPS) is 17.7. The molecule has 1 heterocycles. The van der Waals surface area contributed by atoms with Crippen molar-refractivity contribution in [3.63, 3.8) is 0 Å². The Bertz CT molecular complexity index is 993. The van der Waals surface area contributed by atoms with Gasteiger partial charge in [0.1, 0.15) is 12.4 Å². The molecule has 1 atom stereocenters. The third-order valence-electron chi connectivity index (χ3n) is 6.46. The summed E-state index contributed by atoms with van der Waals surface area (Å²) in [5.41, 5.74) is 0.553. The lowest BCUT2D eigenvalue weighted by Gasteiger charge is -2.33. The Hall–Kier alpha value is -3.22. The average molecular weight is 497 g/mol. The number of methoxy groups -OCH3 is 1. The summed E-state index contributed by atoms with van der Waals surface area (Å²) in [6.45, 7) is 5.86. The van der Waals surface area contributed by atoms with Crippen LogP contribution in [0.25, 0.3) is 0 Å². The molecule has 2 aromatic carbocycles. The average Bonchev–Trinajstić information content (AvgIpc) is 2.88. The topological polar surface area (TPSA) is 68.3 Å². The molecule has 1 aliphatic rings. The van der Waals surface area contributed by atoms with E-state index in [9.17, 15) is 9.59 Å². The number of fused-ring (bicyclic) bond motifs is 1. The zero-order valence-electron chi connectivity index (χ0n) is 22.1. The van der Waals surface area contributed by atoms with Crippen LogP contribution in [-0.4, -0.2) is 68.1 Å². The van der Waals surface area contributed by atoms with Gasteiger partial charge >= 0.3 is 0 Å². The summed E-state index contributed by atoms with van der Waals surface area (Å²) in [6, 6.07) is 14.6. The second-order valence-electron chi connectivity index (χ2n) is 9.76. The molecule has 2 amide bonds. The van der Waals surface area contributed by atoms with Gasteiger partial charge < -0.3 is 24.0 Å². The number of nitrogens with zero attached hydrogens (tertiary/aromatic N) is 2. The van der Waals surface area contributed by atoms with Gasteiger partial charge in [0.15, 0.2) is 18.1 Å². The van der Waals surface area contributed by atoms with Crippen molar-refractivity contribution in [3.8, 4) is 17.2 Å². The SMILES string of the molecule is COc1ccccc1OCC(=O)N1CCCCCCN(C)C(=O)c2ccccc2OC[C@@H]1CC(C)C.